The van der Waals surface area contributed by atoms with Crippen LogP contribution in [0.25, 0.3) is 10.4 Å². The molecule has 2 fully saturated rings. The summed E-state index contributed by atoms with van der Waals surface area (Å²) in [5, 5.41) is 24.8. The number of ketones is 1. The smallest absolute Gasteiger partial charge is 0.407 e. The quantitative estimate of drug-likeness (QED) is 0.102. The number of amides is 1. The van der Waals surface area contributed by atoms with Gasteiger partial charge in [0.25, 0.3) is 0 Å². The van der Waals surface area contributed by atoms with Crippen LogP contribution in [0.3, 0.4) is 0 Å². The minimum Gasteiger partial charge on any atom is -0.497 e. The maximum Gasteiger partial charge on any atom is 0.407 e. The molecule has 2 aliphatic heterocycles. The van der Waals surface area contributed by atoms with Crippen LogP contribution in [0.15, 0.2) is 77.7 Å². The van der Waals surface area contributed by atoms with E-state index in [0.29, 0.717) is 70.2 Å². The summed E-state index contributed by atoms with van der Waals surface area (Å²) in [6.45, 7) is 6.14. The number of Topliss-reactive ketones (excluding diaryl/α,β-unsaturated/α-hetero) is 1. The third kappa shape index (κ3) is 9.79. The third-order valence-electron chi connectivity index (χ3n) is 11.5. The summed E-state index contributed by atoms with van der Waals surface area (Å²) in [4.78, 5) is 39.8. The number of fused-ring (bicyclic) bond motifs is 2. The summed E-state index contributed by atoms with van der Waals surface area (Å²) in [6.07, 6.45) is -0.357. The second-order valence-electron chi connectivity index (χ2n) is 16.2. The monoisotopic (exact) mass is 876 g/mol. The lowest BCUT2D eigenvalue weighted by Gasteiger charge is -2.31. The number of carbonyl (C=O) groups excluding carboxylic acids is 2. The van der Waals surface area contributed by atoms with Gasteiger partial charge in [0.05, 0.1) is 58.6 Å². The lowest BCUT2D eigenvalue weighted by molar-refractivity contribution is -0.181. The van der Waals surface area contributed by atoms with Crippen LogP contribution in [0.5, 0.6) is 11.5 Å². The number of aromatic carboxylic acids is 1. The number of hydrogen-bond donors (Lipinski definition) is 3. The number of thiophene rings is 1. The van der Waals surface area contributed by atoms with Crippen molar-refractivity contribution in [3.05, 3.63) is 99.9 Å². The van der Waals surface area contributed by atoms with Gasteiger partial charge in [0.2, 0.25) is 10.0 Å². The summed E-state index contributed by atoms with van der Waals surface area (Å²) < 4.78 is 58.0. The van der Waals surface area contributed by atoms with Crippen molar-refractivity contribution < 1.29 is 56.7 Å². The van der Waals surface area contributed by atoms with Crippen molar-refractivity contribution in [3.63, 3.8) is 0 Å². The lowest BCUT2D eigenvalue weighted by Crippen LogP contribution is -2.51. The fourth-order valence-electron chi connectivity index (χ4n) is 8.32. The highest BCUT2D eigenvalue weighted by molar-refractivity contribution is 7.89. The van der Waals surface area contributed by atoms with Crippen LogP contribution in [-0.2, 0) is 43.7 Å². The van der Waals surface area contributed by atoms with Gasteiger partial charge in [-0.05, 0) is 97.2 Å². The SMILES string of the molecule is COc1ccc(S(=O)(=O)N(CC(C)C)C[C@@H](O)[C@H](Cc2ccc(OCc3ccccc3-c3sc4c(c3C(=O)O)CCCC4=O)cc2)NC(=O)O[C@H]2CO[C@@]3(C)OCC[C@@H]23)cc1. The summed E-state index contributed by atoms with van der Waals surface area (Å²) in [5.74, 6) is -1.16. The van der Waals surface area contributed by atoms with Crippen LogP contribution >= 0.6 is 11.3 Å². The molecule has 3 N–H and O–H groups in total. The van der Waals surface area contributed by atoms with Gasteiger partial charge in [-0.3, -0.25) is 4.79 Å². The number of carboxylic acids is 1. The average molecular weight is 877 g/mol. The summed E-state index contributed by atoms with van der Waals surface area (Å²) in [6, 6.07) is 19.5. The molecule has 0 saturated carbocycles. The van der Waals surface area contributed by atoms with Gasteiger partial charge in [-0.25, -0.2) is 18.0 Å². The molecule has 2 saturated heterocycles. The standard InChI is InChI=1S/C45H52N2O12S2/c1-27(2)23-47(61(53,54)32-18-16-30(55-4)17-19-32)24-38(49)36(46-44(52)59-39-26-58-45(3)35(39)20-21-57-45)22-28-12-14-31(15-13-28)56-25-29-8-5-6-9-33(29)42-40(43(50)51)34-10-7-11-37(48)41(34)60-42/h5-6,8-9,12-19,27,35-36,38-39,49H,7,10-11,20-26H2,1-4H3,(H,46,52)(H,50,51)/t35-,36-,38+,39-,45+/m0/s1. The van der Waals surface area contributed by atoms with E-state index in [-0.39, 0.29) is 60.8 Å². The Labute approximate surface area is 359 Å². The molecule has 0 unspecified atom stereocenters. The molecule has 4 aromatic rings. The molecule has 16 heteroatoms. The van der Waals surface area contributed by atoms with Crippen molar-refractivity contribution in [1.82, 2.24) is 9.62 Å². The lowest BCUT2D eigenvalue weighted by atomic mass is 9.92. The van der Waals surface area contributed by atoms with E-state index in [1.54, 1.807) is 36.4 Å². The molecular weight excluding hydrogens is 825 g/mol. The Kier molecular flexibility index (Phi) is 13.5. The van der Waals surface area contributed by atoms with Crippen LogP contribution in [0.2, 0.25) is 0 Å². The van der Waals surface area contributed by atoms with Crippen molar-refractivity contribution in [3.8, 4) is 21.9 Å². The summed E-state index contributed by atoms with van der Waals surface area (Å²) in [5.41, 5.74) is 2.93. The number of methoxy groups -OCH3 is 1. The van der Waals surface area contributed by atoms with Crippen LogP contribution in [0.1, 0.15) is 76.8 Å². The molecule has 3 aliphatic rings. The zero-order chi connectivity index (χ0) is 43.5. The minimum absolute atomic E-state index is 0.0303. The number of benzene rings is 3. The highest BCUT2D eigenvalue weighted by Crippen LogP contribution is 2.43. The zero-order valence-electron chi connectivity index (χ0n) is 34.6. The number of carbonyl (C=O) groups is 3. The number of alkyl carbamates (subject to hydrolysis) is 1. The summed E-state index contributed by atoms with van der Waals surface area (Å²) in [7, 11) is -2.58. The van der Waals surface area contributed by atoms with E-state index >= 15 is 0 Å². The van der Waals surface area contributed by atoms with E-state index in [1.807, 2.05) is 45.0 Å². The van der Waals surface area contributed by atoms with E-state index in [2.05, 4.69) is 5.32 Å². The fraction of sp³-hybridized carbons (Fsp3) is 0.444. The summed E-state index contributed by atoms with van der Waals surface area (Å²) >= 11 is 1.22. The normalized spacial score (nSPS) is 20.9. The van der Waals surface area contributed by atoms with E-state index < -0.39 is 46.1 Å². The van der Waals surface area contributed by atoms with Crippen molar-refractivity contribution >= 4 is 39.2 Å². The van der Waals surface area contributed by atoms with Gasteiger partial charge in [0.15, 0.2) is 11.6 Å². The molecule has 1 aliphatic carbocycles. The maximum atomic E-state index is 14.0. The number of hydrogen-bond acceptors (Lipinski definition) is 12. The number of aliphatic hydroxyl groups excluding tert-OH is 1. The molecule has 14 nitrogen and oxygen atoms in total. The first kappa shape index (κ1) is 44.2. The Morgan fingerprint density at radius 3 is 2.41 bits per heavy atom. The first-order valence-electron chi connectivity index (χ1n) is 20.5. The number of ether oxygens (including phenoxy) is 5. The predicted octanol–water partition coefficient (Wildman–Crippen LogP) is 6.72. The number of aliphatic hydroxyl groups is 1. The second-order valence-corrected chi connectivity index (χ2v) is 19.2. The molecule has 1 aromatic heterocycles. The molecule has 0 bridgehead atoms. The zero-order valence-corrected chi connectivity index (χ0v) is 36.3. The highest BCUT2D eigenvalue weighted by Gasteiger charge is 2.53. The van der Waals surface area contributed by atoms with Gasteiger partial charge in [0.1, 0.15) is 24.2 Å². The maximum absolute atomic E-state index is 14.0. The molecule has 0 spiro atoms. The number of nitrogens with one attached hydrogen (secondary N) is 1. The third-order valence-corrected chi connectivity index (χ3v) is 14.6. The predicted molar refractivity (Wildman–Crippen MR) is 227 cm³/mol. The second kappa shape index (κ2) is 18.6. The van der Waals surface area contributed by atoms with Gasteiger partial charge in [-0.2, -0.15) is 4.31 Å². The van der Waals surface area contributed by atoms with Crippen LogP contribution < -0.4 is 14.8 Å². The van der Waals surface area contributed by atoms with Crippen molar-refractivity contribution in [2.45, 2.75) is 88.4 Å². The van der Waals surface area contributed by atoms with E-state index in [0.717, 1.165) is 5.56 Å². The van der Waals surface area contributed by atoms with E-state index in [9.17, 15) is 33.0 Å². The van der Waals surface area contributed by atoms with Gasteiger partial charge >= 0.3 is 12.1 Å². The number of sulfonamides is 1. The number of nitrogens with zero attached hydrogens (tertiary/aromatic N) is 1. The number of rotatable bonds is 17. The van der Waals surface area contributed by atoms with Gasteiger partial charge in [0, 0.05) is 19.5 Å². The molecule has 326 valence electrons. The van der Waals surface area contributed by atoms with E-state index in [4.69, 9.17) is 23.7 Å². The molecular formula is C45H52N2O12S2. The average Bonchev–Trinajstić information content (AvgIpc) is 3.92. The first-order chi connectivity index (χ1) is 29.2. The molecule has 61 heavy (non-hydrogen) atoms. The molecule has 0 radical (unpaired) electrons. The Morgan fingerprint density at radius 1 is 0.984 bits per heavy atom. The Balaban J connectivity index is 1.09. The van der Waals surface area contributed by atoms with Gasteiger partial charge in [-0.1, -0.05) is 50.2 Å². The highest BCUT2D eigenvalue weighted by atomic mass is 32.2. The molecule has 5 atom stereocenters. The largest absolute Gasteiger partial charge is 0.497 e. The Hall–Kier alpha value is -4.84. The van der Waals surface area contributed by atoms with Crippen molar-refractivity contribution in [2.24, 2.45) is 11.8 Å². The Morgan fingerprint density at radius 2 is 1.70 bits per heavy atom. The van der Waals surface area contributed by atoms with Gasteiger partial charge in [-0.15, -0.1) is 11.3 Å². The Bertz CT molecular complexity index is 2330. The molecule has 7 rings (SSSR count). The van der Waals surface area contributed by atoms with Crippen LogP contribution in [-0.4, -0.2) is 98.2 Å². The van der Waals surface area contributed by atoms with Crippen LogP contribution in [0, 0.1) is 11.8 Å². The first-order valence-corrected chi connectivity index (χ1v) is 22.7. The minimum atomic E-state index is -4.07. The topological polar surface area (TPSA) is 187 Å². The van der Waals surface area contributed by atoms with E-state index in [1.165, 1.54) is 34.9 Å². The molecule has 3 aromatic carbocycles. The molecule has 3 heterocycles. The van der Waals surface area contributed by atoms with Gasteiger partial charge < -0.3 is 39.2 Å². The number of carboxylic acid groups (broad SMARTS) is 1. The van der Waals surface area contributed by atoms with Crippen molar-refractivity contribution in [1.29, 1.82) is 0 Å². The molecule has 1 amide bonds. The van der Waals surface area contributed by atoms with Crippen LogP contribution in [0.4, 0.5) is 4.79 Å². The fourth-order valence-corrected chi connectivity index (χ4v) is 11.3. The van der Waals surface area contributed by atoms with Crippen molar-refractivity contribution in [2.75, 3.05) is 33.4 Å².